The van der Waals surface area contributed by atoms with Gasteiger partial charge in [-0.15, -0.1) is 0 Å². The number of imidazole rings is 1. The molecule has 1 saturated carbocycles. The van der Waals surface area contributed by atoms with Gasteiger partial charge in [-0.2, -0.15) is 0 Å². The fourth-order valence-corrected chi connectivity index (χ4v) is 3.40. The highest BCUT2D eigenvalue weighted by Gasteiger charge is 2.23. The van der Waals surface area contributed by atoms with E-state index in [1.807, 2.05) is 0 Å². The quantitative estimate of drug-likeness (QED) is 0.868. The fraction of sp³-hybridized carbons (Fsp3) is 0.529. The molecule has 2 N–H and O–H groups in total. The maximum Gasteiger partial charge on any atom is 0.113 e. The van der Waals surface area contributed by atoms with Crippen LogP contribution in [0.1, 0.15) is 50.8 Å². The Hall–Kier alpha value is -1.42. The summed E-state index contributed by atoms with van der Waals surface area (Å²) in [5.41, 5.74) is 8.12. The molecule has 112 valence electrons. The molecule has 1 unspecified atom stereocenters. The monoisotopic (exact) mass is 301 g/mol. The Labute approximate surface area is 131 Å². The molecule has 1 atom stereocenters. The summed E-state index contributed by atoms with van der Waals surface area (Å²) >= 11 is 5.16. The lowest BCUT2D eigenvalue weighted by Crippen LogP contribution is -2.24. The van der Waals surface area contributed by atoms with Gasteiger partial charge in [0, 0.05) is 18.4 Å². The molecule has 3 nitrogen and oxygen atoms in total. The van der Waals surface area contributed by atoms with Gasteiger partial charge >= 0.3 is 0 Å². The molecule has 0 amide bonds. The van der Waals surface area contributed by atoms with Crippen LogP contribution in [0.2, 0.25) is 0 Å². The first kappa shape index (κ1) is 14.5. The molecular weight excluding hydrogens is 278 g/mol. The van der Waals surface area contributed by atoms with Crippen molar-refractivity contribution in [3.05, 3.63) is 30.1 Å². The molecule has 3 rings (SSSR count). The van der Waals surface area contributed by atoms with Gasteiger partial charge in [0.05, 0.1) is 16.0 Å². The summed E-state index contributed by atoms with van der Waals surface area (Å²) in [6.07, 6.45) is 6.51. The highest BCUT2D eigenvalue weighted by molar-refractivity contribution is 7.80. The number of aromatic nitrogens is 2. The molecule has 0 saturated heterocycles. The van der Waals surface area contributed by atoms with Crippen molar-refractivity contribution in [2.75, 3.05) is 0 Å². The Kier molecular flexibility index (Phi) is 4.24. The van der Waals surface area contributed by atoms with Crippen LogP contribution in [0.5, 0.6) is 0 Å². The number of thiocarbonyl (C=S) groups is 1. The second-order valence-corrected chi connectivity index (χ2v) is 6.68. The Bertz CT molecular complexity index is 641. The Morgan fingerprint density at radius 2 is 2.05 bits per heavy atom. The van der Waals surface area contributed by atoms with Crippen LogP contribution in [0.25, 0.3) is 11.0 Å². The van der Waals surface area contributed by atoms with Crippen molar-refractivity contribution in [1.29, 1.82) is 0 Å². The lowest BCUT2D eigenvalue weighted by molar-refractivity contribution is 0.412. The molecule has 1 aromatic carbocycles. The minimum atomic E-state index is 0.194. The molecule has 0 radical (unpaired) electrons. The van der Waals surface area contributed by atoms with Crippen LogP contribution in [0, 0.1) is 5.92 Å². The van der Waals surface area contributed by atoms with Gasteiger partial charge in [0.1, 0.15) is 5.82 Å². The summed E-state index contributed by atoms with van der Waals surface area (Å²) < 4.78 is 2.36. The Morgan fingerprint density at radius 3 is 2.76 bits per heavy atom. The summed E-state index contributed by atoms with van der Waals surface area (Å²) in [7, 11) is 0. The summed E-state index contributed by atoms with van der Waals surface area (Å²) in [5, 5.41) is 0. The van der Waals surface area contributed by atoms with E-state index in [0.717, 1.165) is 12.1 Å². The number of hydrogen-bond donors (Lipinski definition) is 1. The summed E-state index contributed by atoms with van der Waals surface area (Å²) in [4.78, 5) is 5.51. The second kappa shape index (κ2) is 6.14. The van der Waals surface area contributed by atoms with Gasteiger partial charge in [-0.1, -0.05) is 50.5 Å². The molecule has 2 aromatic rings. The second-order valence-electron chi connectivity index (χ2n) is 6.21. The van der Waals surface area contributed by atoms with Crippen molar-refractivity contribution in [3.8, 4) is 0 Å². The third kappa shape index (κ3) is 2.95. The first-order valence-corrected chi connectivity index (χ1v) is 8.32. The largest absolute Gasteiger partial charge is 0.393 e. The van der Waals surface area contributed by atoms with Gasteiger partial charge in [-0.25, -0.2) is 4.98 Å². The molecule has 21 heavy (non-hydrogen) atoms. The van der Waals surface area contributed by atoms with Gasteiger partial charge in [-0.3, -0.25) is 0 Å². The van der Waals surface area contributed by atoms with Gasteiger partial charge in [0.25, 0.3) is 0 Å². The first-order valence-electron chi connectivity index (χ1n) is 7.91. The van der Waals surface area contributed by atoms with Crippen molar-refractivity contribution >= 4 is 28.2 Å². The predicted octanol–water partition coefficient (Wildman–Crippen LogP) is 4.01. The lowest BCUT2D eigenvalue weighted by Gasteiger charge is -2.23. The van der Waals surface area contributed by atoms with Gasteiger partial charge in [0.2, 0.25) is 0 Å². The third-order valence-electron chi connectivity index (χ3n) is 4.60. The highest BCUT2D eigenvalue weighted by atomic mass is 32.1. The molecule has 4 heteroatoms. The van der Waals surface area contributed by atoms with E-state index in [9.17, 15) is 0 Å². The smallest absolute Gasteiger partial charge is 0.113 e. The number of fused-ring (bicyclic) bond motifs is 1. The zero-order valence-electron chi connectivity index (χ0n) is 12.6. The molecule has 1 aliphatic rings. The van der Waals surface area contributed by atoms with E-state index < -0.39 is 0 Å². The molecule has 1 heterocycles. The molecule has 1 aliphatic carbocycles. The van der Waals surface area contributed by atoms with Gasteiger partial charge in [-0.05, 0) is 25.0 Å². The van der Waals surface area contributed by atoms with Crippen molar-refractivity contribution in [1.82, 2.24) is 9.55 Å². The minimum absolute atomic E-state index is 0.194. The molecule has 0 aliphatic heterocycles. The van der Waals surface area contributed by atoms with Gasteiger partial charge in [0.15, 0.2) is 0 Å². The normalized spacial score (nSPS) is 18.0. The predicted molar refractivity (Wildman–Crippen MR) is 91.5 cm³/mol. The van der Waals surface area contributed by atoms with Crippen molar-refractivity contribution in [3.63, 3.8) is 0 Å². The number of para-hydroxylation sites is 2. The zero-order valence-corrected chi connectivity index (χ0v) is 13.4. The summed E-state index contributed by atoms with van der Waals surface area (Å²) in [6, 6.07) is 8.39. The topological polar surface area (TPSA) is 43.8 Å². The standard InChI is InChI=1S/C17H23N3S/c1-12(16(18)21)11-20-15-10-6-5-9-14(15)19-17(20)13-7-3-2-4-8-13/h5-6,9-10,12-13H,2-4,7-8,11H2,1H3,(H2,18,21). The Morgan fingerprint density at radius 1 is 1.33 bits per heavy atom. The first-order chi connectivity index (χ1) is 10.2. The summed E-state index contributed by atoms with van der Waals surface area (Å²) in [6.45, 7) is 2.93. The molecule has 0 bridgehead atoms. The van der Waals surface area contributed by atoms with E-state index in [0.29, 0.717) is 10.9 Å². The fourth-order valence-electron chi connectivity index (χ4n) is 3.32. The molecule has 1 aromatic heterocycles. The molecular formula is C17H23N3S. The van der Waals surface area contributed by atoms with Crippen LogP contribution in [0.4, 0.5) is 0 Å². The molecule has 1 fully saturated rings. The van der Waals surface area contributed by atoms with Crippen LogP contribution in [-0.2, 0) is 6.54 Å². The highest BCUT2D eigenvalue weighted by Crippen LogP contribution is 2.34. The van der Waals surface area contributed by atoms with E-state index in [2.05, 4.69) is 35.8 Å². The number of rotatable bonds is 4. The number of nitrogens with two attached hydrogens (primary N) is 1. The Balaban J connectivity index is 2.02. The molecule has 0 spiro atoms. The van der Waals surface area contributed by atoms with Crippen LogP contribution in [0.15, 0.2) is 24.3 Å². The number of benzene rings is 1. The van der Waals surface area contributed by atoms with Crippen molar-refractivity contribution in [2.45, 2.75) is 51.5 Å². The van der Waals surface area contributed by atoms with Gasteiger partial charge < -0.3 is 10.3 Å². The number of hydrogen-bond acceptors (Lipinski definition) is 2. The third-order valence-corrected chi connectivity index (χ3v) is 5.00. The number of nitrogens with zero attached hydrogens (tertiary/aromatic N) is 2. The average molecular weight is 301 g/mol. The maximum atomic E-state index is 5.82. The van der Waals surface area contributed by atoms with Crippen LogP contribution >= 0.6 is 12.2 Å². The van der Waals surface area contributed by atoms with E-state index >= 15 is 0 Å². The van der Waals surface area contributed by atoms with E-state index in [-0.39, 0.29) is 5.92 Å². The van der Waals surface area contributed by atoms with Crippen molar-refractivity contribution < 1.29 is 0 Å². The summed E-state index contributed by atoms with van der Waals surface area (Å²) in [5.74, 6) is 2.02. The zero-order chi connectivity index (χ0) is 14.8. The maximum absolute atomic E-state index is 5.82. The van der Waals surface area contributed by atoms with E-state index in [1.54, 1.807) is 0 Å². The van der Waals surface area contributed by atoms with Crippen LogP contribution in [-0.4, -0.2) is 14.5 Å². The average Bonchev–Trinajstić information content (AvgIpc) is 2.87. The van der Waals surface area contributed by atoms with Crippen LogP contribution in [0.3, 0.4) is 0 Å². The minimum Gasteiger partial charge on any atom is -0.393 e. The van der Waals surface area contributed by atoms with E-state index in [4.69, 9.17) is 22.9 Å². The van der Waals surface area contributed by atoms with Crippen LogP contribution < -0.4 is 5.73 Å². The SMILES string of the molecule is CC(Cn1c(C2CCCCC2)nc2ccccc21)C(N)=S. The van der Waals surface area contributed by atoms with Crippen molar-refractivity contribution in [2.24, 2.45) is 11.7 Å². The lowest BCUT2D eigenvalue weighted by atomic mass is 9.88. The van der Waals surface area contributed by atoms with E-state index in [1.165, 1.54) is 43.4 Å².